The summed E-state index contributed by atoms with van der Waals surface area (Å²) < 4.78 is 0. The monoisotopic (exact) mass is 275 g/mol. The molecule has 0 bridgehead atoms. The van der Waals surface area contributed by atoms with E-state index in [1.165, 1.54) is 12.8 Å². The molecule has 0 unspecified atom stereocenters. The molecule has 3 nitrogen and oxygen atoms in total. The first-order valence-electron chi connectivity index (χ1n) is 7.74. The first-order valence-corrected chi connectivity index (χ1v) is 7.74. The highest BCUT2D eigenvalue weighted by molar-refractivity contribution is 5.95. The van der Waals surface area contributed by atoms with Gasteiger partial charge in [0.05, 0.1) is 5.69 Å². The number of phenolic OH excluding ortho intramolecular Hbond substituents is 1. The molecule has 0 aliphatic heterocycles. The summed E-state index contributed by atoms with van der Waals surface area (Å²) in [5.41, 5.74) is 1.88. The Morgan fingerprint density at radius 1 is 1.25 bits per heavy atom. The molecule has 0 saturated heterocycles. The Kier molecular flexibility index (Phi) is 5.05. The van der Waals surface area contributed by atoms with Crippen LogP contribution in [0.5, 0.6) is 5.75 Å². The maximum atomic E-state index is 12.8. The van der Waals surface area contributed by atoms with Crippen LogP contribution < -0.4 is 4.90 Å². The van der Waals surface area contributed by atoms with Crippen LogP contribution in [0.2, 0.25) is 0 Å². The molecular formula is C17H25NO2. The summed E-state index contributed by atoms with van der Waals surface area (Å²) in [6.45, 7) is 4.63. The van der Waals surface area contributed by atoms with Crippen LogP contribution in [0.25, 0.3) is 0 Å². The van der Waals surface area contributed by atoms with Gasteiger partial charge in [0.25, 0.3) is 0 Å². The van der Waals surface area contributed by atoms with E-state index in [4.69, 9.17) is 0 Å². The van der Waals surface area contributed by atoms with Crippen molar-refractivity contribution in [3.05, 3.63) is 23.8 Å². The smallest absolute Gasteiger partial charge is 0.230 e. The van der Waals surface area contributed by atoms with E-state index in [0.29, 0.717) is 6.54 Å². The second kappa shape index (κ2) is 6.78. The second-order valence-electron chi connectivity index (χ2n) is 5.74. The number of hydrogen-bond donors (Lipinski definition) is 1. The summed E-state index contributed by atoms with van der Waals surface area (Å²) in [5, 5.41) is 9.68. The molecule has 20 heavy (non-hydrogen) atoms. The third-order valence-corrected chi connectivity index (χ3v) is 4.27. The van der Waals surface area contributed by atoms with Gasteiger partial charge in [-0.25, -0.2) is 0 Å². The predicted octanol–water partition coefficient (Wildman–Crippen LogP) is 4.02. The number of nitrogens with zero attached hydrogens (tertiary/aromatic N) is 1. The van der Waals surface area contributed by atoms with Gasteiger partial charge in [-0.1, -0.05) is 31.7 Å². The number of aryl methyl sites for hydroxylation is 1. The van der Waals surface area contributed by atoms with Gasteiger partial charge in [0.2, 0.25) is 5.91 Å². The number of phenols is 1. The van der Waals surface area contributed by atoms with E-state index in [9.17, 15) is 9.90 Å². The Morgan fingerprint density at radius 3 is 2.50 bits per heavy atom. The summed E-state index contributed by atoms with van der Waals surface area (Å²) >= 11 is 0. The van der Waals surface area contributed by atoms with Crippen LogP contribution in [0.4, 0.5) is 5.69 Å². The summed E-state index contributed by atoms with van der Waals surface area (Å²) in [7, 11) is 0. The largest absolute Gasteiger partial charge is 0.508 e. The lowest BCUT2D eigenvalue weighted by atomic mass is 9.98. The van der Waals surface area contributed by atoms with Crippen LogP contribution in [0.15, 0.2) is 18.2 Å². The van der Waals surface area contributed by atoms with Crippen LogP contribution in [0.3, 0.4) is 0 Å². The number of anilines is 1. The minimum atomic E-state index is 0.152. The van der Waals surface area contributed by atoms with Crippen molar-refractivity contribution in [3.63, 3.8) is 0 Å². The Morgan fingerprint density at radius 2 is 1.90 bits per heavy atom. The van der Waals surface area contributed by atoms with Gasteiger partial charge in [0.15, 0.2) is 0 Å². The average molecular weight is 275 g/mol. The molecule has 0 heterocycles. The zero-order chi connectivity index (χ0) is 14.5. The fourth-order valence-corrected chi connectivity index (χ4v) is 3.08. The number of benzene rings is 1. The molecule has 0 aromatic heterocycles. The minimum Gasteiger partial charge on any atom is -0.508 e. The molecule has 1 aliphatic carbocycles. The Labute approximate surface area is 121 Å². The summed E-state index contributed by atoms with van der Waals surface area (Å²) in [4.78, 5) is 14.6. The van der Waals surface area contributed by atoms with Gasteiger partial charge in [-0.2, -0.15) is 0 Å². The normalized spacial score (nSPS) is 16.7. The lowest BCUT2D eigenvalue weighted by molar-refractivity contribution is -0.122. The van der Waals surface area contributed by atoms with E-state index in [-0.39, 0.29) is 17.6 Å². The summed E-state index contributed by atoms with van der Waals surface area (Å²) in [6.07, 6.45) is 6.84. The van der Waals surface area contributed by atoms with E-state index < -0.39 is 0 Å². The Hall–Kier alpha value is -1.51. The van der Waals surface area contributed by atoms with Crippen LogP contribution >= 0.6 is 0 Å². The second-order valence-corrected chi connectivity index (χ2v) is 5.74. The molecule has 1 saturated carbocycles. The highest BCUT2D eigenvalue weighted by Crippen LogP contribution is 2.30. The fourth-order valence-electron chi connectivity index (χ4n) is 3.08. The standard InChI is InChI=1S/C17H25NO2/c1-3-18(16-12-15(19)11-10-13(16)2)17(20)14-8-6-4-5-7-9-14/h10-12,14,19H,3-9H2,1-2H3. The van der Waals surface area contributed by atoms with Crippen LogP contribution in [0, 0.1) is 12.8 Å². The average Bonchev–Trinajstić information content (AvgIpc) is 2.72. The van der Waals surface area contributed by atoms with Gasteiger partial charge in [-0.3, -0.25) is 4.79 Å². The van der Waals surface area contributed by atoms with Crippen LogP contribution in [-0.2, 0) is 4.79 Å². The van der Waals surface area contributed by atoms with Gasteiger partial charge >= 0.3 is 0 Å². The molecule has 0 atom stereocenters. The molecule has 1 aromatic rings. The molecule has 1 aliphatic rings. The van der Waals surface area contributed by atoms with Crippen molar-refractivity contribution in [1.29, 1.82) is 0 Å². The highest BCUT2D eigenvalue weighted by atomic mass is 16.3. The molecule has 110 valence electrons. The number of carbonyl (C=O) groups is 1. The van der Waals surface area contributed by atoms with Crippen LogP contribution in [-0.4, -0.2) is 17.6 Å². The molecule has 2 rings (SSSR count). The van der Waals surface area contributed by atoms with E-state index in [0.717, 1.165) is 36.9 Å². The SMILES string of the molecule is CCN(C(=O)C1CCCCCC1)c1cc(O)ccc1C. The van der Waals surface area contributed by atoms with Crippen molar-refractivity contribution in [2.75, 3.05) is 11.4 Å². The van der Waals surface area contributed by atoms with E-state index in [2.05, 4.69) is 0 Å². The quantitative estimate of drug-likeness (QED) is 0.846. The topological polar surface area (TPSA) is 40.5 Å². The van der Waals surface area contributed by atoms with Gasteiger partial charge < -0.3 is 10.0 Å². The first kappa shape index (κ1) is 14.9. The minimum absolute atomic E-state index is 0.152. The van der Waals surface area contributed by atoms with Gasteiger partial charge in [0.1, 0.15) is 5.75 Å². The van der Waals surface area contributed by atoms with Gasteiger partial charge in [-0.05, 0) is 38.3 Å². The first-order chi connectivity index (χ1) is 9.63. The number of amides is 1. The maximum Gasteiger partial charge on any atom is 0.230 e. The Bertz CT molecular complexity index is 462. The summed E-state index contributed by atoms with van der Waals surface area (Å²) in [5.74, 6) is 0.597. The van der Waals surface area contributed by atoms with E-state index in [1.54, 1.807) is 12.1 Å². The summed E-state index contributed by atoms with van der Waals surface area (Å²) in [6, 6.07) is 5.24. The third-order valence-electron chi connectivity index (χ3n) is 4.27. The number of aromatic hydroxyl groups is 1. The fraction of sp³-hybridized carbons (Fsp3) is 0.588. The molecule has 3 heteroatoms. The molecule has 1 amide bonds. The molecule has 0 radical (unpaired) electrons. The van der Waals surface area contributed by atoms with Crippen molar-refractivity contribution in [1.82, 2.24) is 0 Å². The van der Waals surface area contributed by atoms with Crippen molar-refractivity contribution in [2.24, 2.45) is 5.92 Å². The van der Waals surface area contributed by atoms with Crippen LogP contribution in [0.1, 0.15) is 51.0 Å². The zero-order valence-electron chi connectivity index (χ0n) is 12.6. The lowest BCUT2D eigenvalue weighted by Crippen LogP contribution is -2.36. The Balaban J connectivity index is 2.22. The zero-order valence-corrected chi connectivity index (χ0v) is 12.6. The van der Waals surface area contributed by atoms with E-state index >= 15 is 0 Å². The molecule has 1 fully saturated rings. The molecular weight excluding hydrogens is 250 g/mol. The molecule has 0 spiro atoms. The molecule has 1 N–H and O–H groups in total. The predicted molar refractivity (Wildman–Crippen MR) is 82.1 cm³/mol. The van der Waals surface area contributed by atoms with Crippen molar-refractivity contribution in [3.8, 4) is 5.75 Å². The van der Waals surface area contributed by atoms with Gasteiger partial charge in [-0.15, -0.1) is 0 Å². The van der Waals surface area contributed by atoms with Crippen molar-refractivity contribution >= 4 is 11.6 Å². The number of carbonyl (C=O) groups excluding carboxylic acids is 1. The van der Waals surface area contributed by atoms with Crippen molar-refractivity contribution in [2.45, 2.75) is 52.4 Å². The van der Waals surface area contributed by atoms with E-state index in [1.807, 2.05) is 24.8 Å². The molecule has 1 aromatic carbocycles. The van der Waals surface area contributed by atoms with Crippen molar-refractivity contribution < 1.29 is 9.90 Å². The maximum absolute atomic E-state index is 12.8. The highest BCUT2D eigenvalue weighted by Gasteiger charge is 2.26. The lowest BCUT2D eigenvalue weighted by Gasteiger charge is -2.27. The number of rotatable bonds is 3. The third kappa shape index (κ3) is 3.33. The number of hydrogen-bond acceptors (Lipinski definition) is 2. The van der Waals surface area contributed by atoms with Gasteiger partial charge in [0, 0.05) is 18.5 Å².